The minimum absolute atomic E-state index is 0.0650. The van der Waals surface area contributed by atoms with Crippen LogP contribution in [0.4, 0.5) is 4.79 Å². The molecule has 0 saturated carbocycles. The van der Waals surface area contributed by atoms with Crippen LogP contribution in [0.5, 0.6) is 0 Å². The van der Waals surface area contributed by atoms with E-state index in [0.717, 1.165) is 5.69 Å². The van der Waals surface area contributed by atoms with Gasteiger partial charge in [-0.25, -0.2) is 14.8 Å². The topological polar surface area (TPSA) is 104 Å². The van der Waals surface area contributed by atoms with Gasteiger partial charge in [0.2, 0.25) is 0 Å². The van der Waals surface area contributed by atoms with Crippen LogP contribution in [0.2, 0.25) is 0 Å². The van der Waals surface area contributed by atoms with E-state index in [0.29, 0.717) is 19.4 Å². The predicted molar refractivity (Wildman–Crippen MR) is 68.4 cm³/mol. The Bertz CT molecular complexity index is 411. The molecule has 0 aliphatic heterocycles. The van der Waals surface area contributed by atoms with Gasteiger partial charge < -0.3 is 15.7 Å². The molecule has 0 aromatic carbocycles. The van der Waals surface area contributed by atoms with Crippen molar-refractivity contribution in [2.75, 3.05) is 0 Å². The molecule has 0 radical (unpaired) electrons. The third kappa shape index (κ3) is 6.97. The summed E-state index contributed by atoms with van der Waals surface area (Å²) in [6.45, 7) is 2.17. The van der Waals surface area contributed by atoms with Crippen molar-refractivity contribution in [1.29, 1.82) is 0 Å². The zero-order valence-electron chi connectivity index (χ0n) is 10.8. The summed E-state index contributed by atoms with van der Waals surface area (Å²) in [7, 11) is 0. The fourth-order valence-electron chi connectivity index (χ4n) is 1.50. The van der Waals surface area contributed by atoms with Gasteiger partial charge in [0.25, 0.3) is 0 Å². The van der Waals surface area contributed by atoms with E-state index in [1.807, 2.05) is 6.92 Å². The molecule has 1 heterocycles. The molecule has 7 heteroatoms. The molecular formula is C12H18N4O3. The SMILES string of the molecule is CC(CCCC(=O)O)NC(=O)NCc1ccncn1. The van der Waals surface area contributed by atoms with Gasteiger partial charge in [-0.2, -0.15) is 0 Å². The van der Waals surface area contributed by atoms with Gasteiger partial charge in [-0.3, -0.25) is 4.79 Å². The number of amides is 2. The lowest BCUT2D eigenvalue weighted by molar-refractivity contribution is -0.137. The van der Waals surface area contributed by atoms with Gasteiger partial charge in [-0.05, 0) is 25.8 Å². The second kappa shape index (κ2) is 8.02. The molecule has 0 bridgehead atoms. The van der Waals surface area contributed by atoms with E-state index in [-0.39, 0.29) is 18.5 Å². The number of rotatable bonds is 7. The number of carboxylic acids is 1. The van der Waals surface area contributed by atoms with Gasteiger partial charge >= 0.3 is 12.0 Å². The van der Waals surface area contributed by atoms with Crippen LogP contribution in [0.1, 0.15) is 31.9 Å². The zero-order chi connectivity index (χ0) is 14.1. The first-order chi connectivity index (χ1) is 9.08. The Kier molecular flexibility index (Phi) is 6.28. The number of aliphatic carboxylic acids is 1. The monoisotopic (exact) mass is 266 g/mol. The molecule has 1 unspecified atom stereocenters. The van der Waals surface area contributed by atoms with Crippen LogP contribution >= 0.6 is 0 Å². The molecular weight excluding hydrogens is 248 g/mol. The highest BCUT2D eigenvalue weighted by molar-refractivity contribution is 5.74. The van der Waals surface area contributed by atoms with Gasteiger partial charge in [-0.15, -0.1) is 0 Å². The van der Waals surface area contributed by atoms with Crippen LogP contribution in [0.25, 0.3) is 0 Å². The Morgan fingerprint density at radius 3 is 2.89 bits per heavy atom. The second-order valence-corrected chi connectivity index (χ2v) is 4.21. The molecule has 1 aromatic heterocycles. The molecule has 0 fully saturated rings. The highest BCUT2D eigenvalue weighted by Gasteiger charge is 2.07. The zero-order valence-corrected chi connectivity index (χ0v) is 10.8. The Labute approximate surface area is 111 Å². The molecule has 1 aromatic rings. The molecule has 1 rings (SSSR count). The van der Waals surface area contributed by atoms with Crippen LogP contribution in [-0.4, -0.2) is 33.1 Å². The lowest BCUT2D eigenvalue weighted by Gasteiger charge is -2.13. The van der Waals surface area contributed by atoms with Crippen LogP contribution in [0, 0.1) is 0 Å². The molecule has 7 nitrogen and oxygen atoms in total. The molecule has 0 aliphatic carbocycles. The summed E-state index contributed by atoms with van der Waals surface area (Å²) >= 11 is 0. The summed E-state index contributed by atoms with van der Waals surface area (Å²) < 4.78 is 0. The molecule has 1 atom stereocenters. The van der Waals surface area contributed by atoms with E-state index < -0.39 is 5.97 Å². The molecule has 2 amide bonds. The second-order valence-electron chi connectivity index (χ2n) is 4.21. The van der Waals surface area contributed by atoms with Crippen molar-refractivity contribution in [1.82, 2.24) is 20.6 Å². The van der Waals surface area contributed by atoms with Crippen LogP contribution in [0.15, 0.2) is 18.6 Å². The van der Waals surface area contributed by atoms with Gasteiger partial charge in [0, 0.05) is 18.7 Å². The smallest absolute Gasteiger partial charge is 0.315 e. The van der Waals surface area contributed by atoms with E-state index in [1.54, 1.807) is 12.3 Å². The largest absolute Gasteiger partial charge is 0.481 e. The van der Waals surface area contributed by atoms with E-state index in [2.05, 4.69) is 20.6 Å². The third-order valence-corrected chi connectivity index (χ3v) is 2.48. The van der Waals surface area contributed by atoms with Crippen molar-refractivity contribution in [3.8, 4) is 0 Å². The fraction of sp³-hybridized carbons (Fsp3) is 0.500. The quantitative estimate of drug-likeness (QED) is 0.680. The number of urea groups is 1. The first kappa shape index (κ1) is 14.9. The van der Waals surface area contributed by atoms with Crippen molar-refractivity contribution in [3.63, 3.8) is 0 Å². The fourth-order valence-corrected chi connectivity index (χ4v) is 1.50. The standard InChI is InChI=1S/C12H18N4O3/c1-9(3-2-4-11(17)18)16-12(19)14-7-10-5-6-13-8-15-10/h5-6,8-9H,2-4,7H2,1H3,(H,17,18)(H2,14,16,19). The Morgan fingerprint density at radius 2 is 2.26 bits per heavy atom. The van der Waals surface area contributed by atoms with E-state index in [4.69, 9.17) is 5.11 Å². The number of carbonyl (C=O) groups excluding carboxylic acids is 1. The molecule has 104 valence electrons. The third-order valence-electron chi connectivity index (χ3n) is 2.48. The first-order valence-electron chi connectivity index (χ1n) is 6.09. The summed E-state index contributed by atoms with van der Waals surface area (Å²) in [6.07, 6.45) is 4.32. The van der Waals surface area contributed by atoms with E-state index in [1.165, 1.54) is 6.33 Å². The summed E-state index contributed by atoms with van der Waals surface area (Å²) in [5, 5.41) is 13.9. The normalized spacial score (nSPS) is 11.6. The van der Waals surface area contributed by atoms with Crippen molar-refractivity contribution < 1.29 is 14.7 Å². The van der Waals surface area contributed by atoms with Gasteiger partial charge in [0.05, 0.1) is 12.2 Å². The highest BCUT2D eigenvalue weighted by atomic mass is 16.4. The van der Waals surface area contributed by atoms with Crippen molar-refractivity contribution >= 4 is 12.0 Å². The number of nitrogens with zero attached hydrogens (tertiary/aromatic N) is 2. The molecule has 19 heavy (non-hydrogen) atoms. The summed E-state index contributed by atoms with van der Waals surface area (Å²) in [5.74, 6) is -0.819. The highest BCUT2D eigenvalue weighted by Crippen LogP contribution is 2.00. The Balaban J connectivity index is 2.18. The molecule has 0 saturated heterocycles. The minimum Gasteiger partial charge on any atom is -0.481 e. The Hall–Kier alpha value is -2.18. The van der Waals surface area contributed by atoms with Crippen molar-refractivity contribution in [2.24, 2.45) is 0 Å². The van der Waals surface area contributed by atoms with Crippen molar-refractivity contribution in [3.05, 3.63) is 24.3 Å². The van der Waals surface area contributed by atoms with Gasteiger partial charge in [0.15, 0.2) is 0 Å². The Morgan fingerprint density at radius 1 is 1.47 bits per heavy atom. The average Bonchev–Trinajstić information content (AvgIpc) is 2.37. The van der Waals surface area contributed by atoms with Crippen LogP contribution < -0.4 is 10.6 Å². The summed E-state index contributed by atoms with van der Waals surface area (Å²) in [4.78, 5) is 29.7. The van der Waals surface area contributed by atoms with Crippen molar-refractivity contribution in [2.45, 2.75) is 38.8 Å². The average molecular weight is 266 g/mol. The number of aromatic nitrogens is 2. The number of hydrogen-bond donors (Lipinski definition) is 3. The van der Waals surface area contributed by atoms with Gasteiger partial charge in [-0.1, -0.05) is 0 Å². The van der Waals surface area contributed by atoms with Crippen LogP contribution in [-0.2, 0) is 11.3 Å². The van der Waals surface area contributed by atoms with E-state index in [9.17, 15) is 9.59 Å². The van der Waals surface area contributed by atoms with Crippen LogP contribution in [0.3, 0.4) is 0 Å². The lowest BCUT2D eigenvalue weighted by atomic mass is 10.1. The minimum atomic E-state index is -0.819. The maximum atomic E-state index is 11.5. The van der Waals surface area contributed by atoms with E-state index >= 15 is 0 Å². The maximum Gasteiger partial charge on any atom is 0.315 e. The first-order valence-corrected chi connectivity index (χ1v) is 6.09. The lowest BCUT2D eigenvalue weighted by Crippen LogP contribution is -2.40. The van der Waals surface area contributed by atoms with Gasteiger partial charge in [0.1, 0.15) is 6.33 Å². The summed E-state index contributed by atoms with van der Waals surface area (Å²) in [6, 6.07) is 1.36. The number of carbonyl (C=O) groups is 2. The summed E-state index contributed by atoms with van der Waals surface area (Å²) in [5.41, 5.74) is 0.726. The molecule has 3 N–H and O–H groups in total. The number of carboxylic acid groups (broad SMARTS) is 1. The predicted octanol–water partition coefficient (Wildman–Crippen LogP) is 0.919. The number of nitrogens with one attached hydrogen (secondary N) is 2. The number of hydrogen-bond acceptors (Lipinski definition) is 4. The maximum absolute atomic E-state index is 11.5. The molecule has 0 spiro atoms. The molecule has 0 aliphatic rings.